The average molecular weight is 710 g/mol. The first kappa shape index (κ1) is 26.5. The Morgan fingerprint density at radius 2 is 0.514 bits per heavy atom. The topological polar surface area (TPSA) is 259 Å². The molecule has 3 rings (SSSR count). The van der Waals surface area contributed by atoms with Crippen LogP contribution in [0.1, 0.15) is 0 Å². The van der Waals surface area contributed by atoms with Crippen LogP contribution in [0, 0.1) is 60.7 Å². The molecule has 0 fully saturated rings. The van der Waals surface area contributed by atoms with Gasteiger partial charge in [-0.25, -0.2) is 0 Å². The van der Waals surface area contributed by atoms with E-state index in [2.05, 4.69) is 0 Å². The molecule has 3 aromatic rings. The SMILES string of the molecule is O=[N+]([O-])c1cc([N+](=O)[O-])c[c]([Bi]([c]2cc([N+](=O)[O-])cc([N+](=O)[O-])c2)[c]2cc([N+](=O)[O-])cc([N+](=O)[O-])c2)c1. The van der Waals surface area contributed by atoms with E-state index in [1.54, 1.807) is 0 Å². The van der Waals surface area contributed by atoms with Crippen molar-refractivity contribution in [3.05, 3.63) is 115 Å². The maximum atomic E-state index is 11.4. The van der Waals surface area contributed by atoms with Crippen LogP contribution >= 0.6 is 0 Å². The van der Waals surface area contributed by atoms with Crippen molar-refractivity contribution in [1.82, 2.24) is 0 Å². The number of benzene rings is 3. The molecular weight excluding hydrogens is 701 g/mol. The van der Waals surface area contributed by atoms with Crippen LogP contribution in [0.15, 0.2) is 54.6 Å². The van der Waals surface area contributed by atoms with Gasteiger partial charge >= 0.3 is 211 Å². The number of hydrogen-bond acceptors (Lipinski definition) is 12. The van der Waals surface area contributed by atoms with E-state index in [-0.39, 0.29) is 9.81 Å². The molecule has 3 aromatic carbocycles. The standard InChI is InChI=1S/3C6H3N2O4.Bi/c3*9-7(10)5-2-1-3-6(4-5)8(11)12;/h3*2-4H;. The molecule has 0 bridgehead atoms. The molecular formula is C18H9BiN6O12. The molecule has 0 heterocycles. The Kier molecular flexibility index (Phi) is 7.38. The van der Waals surface area contributed by atoms with Crippen molar-refractivity contribution in [1.29, 1.82) is 0 Å². The normalized spacial score (nSPS) is 10.6. The summed E-state index contributed by atoms with van der Waals surface area (Å²) in [5.74, 6) is 0. The summed E-state index contributed by atoms with van der Waals surface area (Å²) in [6.45, 7) is 0. The molecule has 188 valence electrons. The van der Waals surface area contributed by atoms with Crippen molar-refractivity contribution >= 4 is 65.7 Å². The summed E-state index contributed by atoms with van der Waals surface area (Å²) < 4.78 is -0.415. The second-order valence-corrected chi connectivity index (χ2v) is 15.6. The fourth-order valence-electron chi connectivity index (χ4n) is 3.21. The quantitative estimate of drug-likeness (QED) is 0.174. The molecule has 0 N–H and O–H groups in total. The third-order valence-corrected chi connectivity index (χ3v) is 13.7. The maximum absolute atomic E-state index is 11.4. The summed E-state index contributed by atoms with van der Waals surface area (Å²) in [6, 6.07) is 7.33. The fraction of sp³-hybridized carbons (Fsp3) is 0. The van der Waals surface area contributed by atoms with Crippen molar-refractivity contribution < 1.29 is 29.5 Å². The summed E-state index contributed by atoms with van der Waals surface area (Å²) in [7, 11) is 0. The van der Waals surface area contributed by atoms with E-state index in [0.717, 1.165) is 36.4 Å². The Morgan fingerprint density at radius 1 is 0.351 bits per heavy atom. The summed E-state index contributed by atoms with van der Waals surface area (Å²) >= 11 is -4.45. The molecule has 37 heavy (non-hydrogen) atoms. The van der Waals surface area contributed by atoms with Gasteiger partial charge in [-0.05, 0) is 0 Å². The second-order valence-electron chi connectivity index (χ2n) is 7.00. The van der Waals surface area contributed by atoms with Gasteiger partial charge in [-0.15, -0.1) is 0 Å². The van der Waals surface area contributed by atoms with E-state index in [9.17, 15) is 60.7 Å². The molecule has 0 unspecified atom stereocenters. The van der Waals surface area contributed by atoms with Gasteiger partial charge < -0.3 is 0 Å². The zero-order valence-electron chi connectivity index (χ0n) is 17.7. The first-order valence-electron chi connectivity index (χ1n) is 9.40. The predicted molar refractivity (Wildman–Crippen MR) is 124 cm³/mol. The monoisotopic (exact) mass is 710 g/mol. The van der Waals surface area contributed by atoms with Gasteiger partial charge in [-0.1, -0.05) is 0 Å². The molecule has 0 aromatic heterocycles. The number of nitrogens with zero attached hydrogens (tertiary/aromatic N) is 6. The zero-order valence-corrected chi connectivity index (χ0v) is 21.2. The summed E-state index contributed by atoms with van der Waals surface area (Å²) in [6.07, 6.45) is 0. The predicted octanol–water partition coefficient (Wildman–Crippen LogP) is 1.65. The Labute approximate surface area is 210 Å². The summed E-state index contributed by atoms with van der Waals surface area (Å²) in [4.78, 5) is 62.9. The number of rotatable bonds is 9. The van der Waals surface area contributed by atoms with Gasteiger partial charge in [0.15, 0.2) is 0 Å². The first-order chi connectivity index (χ1) is 17.3. The van der Waals surface area contributed by atoms with Crippen molar-refractivity contribution in [2.75, 3.05) is 0 Å². The molecule has 0 spiro atoms. The van der Waals surface area contributed by atoms with E-state index < -0.39 is 85.4 Å². The van der Waals surface area contributed by atoms with E-state index >= 15 is 0 Å². The van der Waals surface area contributed by atoms with Gasteiger partial charge in [0, 0.05) is 0 Å². The van der Waals surface area contributed by atoms with Gasteiger partial charge in [-0.2, -0.15) is 0 Å². The van der Waals surface area contributed by atoms with Gasteiger partial charge in [0.05, 0.1) is 0 Å². The molecule has 0 radical (unpaired) electrons. The van der Waals surface area contributed by atoms with E-state index in [1.165, 1.54) is 0 Å². The van der Waals surface area contributed by atoms with Crippen molar-refractivity contribution in [3.8, 4) is 0 Å². The Morgan fingerprint density at radius 3 is 0.649 bits per heavy atom. The van der Waals surface area contributed by atoms with Crippen molar-refractivity contribution in [2.45, 2.75) is 0 Å². The number of nitro benzene ring substituents is 6. The molecule has 0 aliphatic rings. The Hall–Kier alpha value is -5.06. The molecule has 0 saturated heterocycles. The number of hydrogen-bond donors (Lipinski definition) is 0. The third-order valence-electron chi connectivity index (χ3n) is 4.70. The molecule has 0 amide bonds. The molecule has 0 aliphatic heterocycles. The average Bonchev–Trinajstić information content (AvgIpc) is 2.83. The van der Waals surface area contributed by atoms with E-state index in [1.807, 2.05) is 0 Å². The molecule has 19 heteroatoms. The van der Waals surface area contributed by atoms with Gasteiger partial charge in [0.1, 0.15) is 0 Å². The minimum absolute atomic E-state index is 0.138. The second kappa shape index (κ2) is 10.3. The van der Waals surface area contributed by atoms with Crippen LogP contribution in [0.4, 0.5) is 34.1 Å². The van der Waals surface area contributed by atoms with Crippen LogP contribution in [0.25, 0.3) is 0 Å². The molecule has 0 atom stereocenters. The van der Waals surface area contributed by atoms with Crippen LogP contribution in [-0.2, 0) is 0 Å². The Bertz CT molecular complexity index is 1250. The van der Waals surface area contributed by atoms with E-state index in [0.29, 0.717) is 18.2 Å². The first-order valence-corrected chi connectivity index (χ1v) is 14.6. The summed E-state index contributed by atoms with van der Waals surface area (Å²) in [5, 5.41) is 68.7. The molecule has 18 nitrogen and oxygen atoms in total. The van der Waals surface area contributed by atoms with Crippen LogP contribution in [0.3, 0.4) is 0 Å². The zero-order chi connectivity index (χ0) is 27.6. The van der Waals surface area contributed by atoms with Gasteiger partial charge in [-0.3, -0.25) is 0 Å². The molecule has 0 saturated carbocycles. The van der Waals surface area contributed by atoms with Crippen LogP contribution in [0.5, 0.6) is 0 Å². The van der Waals surface area contributed by atoms with Gasteiger partial charge in [0.25, 0.3) is 0 Å². The van der Waals surface area contributed by atoms with Crippen molar-refractivity contribution in [3.63, 3.8) is 0 Å². The third kappa shape index (κ3) is 5.78. The summed E-state index contributed by atoms with van der Waals surface area (Å²) in [5.41, 5.74) is -4.56. The van der Waals surface area contributed by atoms with Crippen LogP contribution < -0.4 is 9.81 Å². The van der Waals surface area contributed by atoms with E-state index in [4.69, 9.17) is 0 Å². The number of non-ortho nitro benzene ring substituents is 6. The fourth-order valence-corrected chi connectivity index (χ4v) is 12.8. The molecule has 0 aliphatic carbocycles. The van der Waals surface area contributed by atoms with Crippen molar-refractivity contribution in [2.24, 2.45) is 0 Å². The van der Waals surface area contributed by atoms with Crippen LogP contribution in [-0.4, -0.2) is 51.3 Å². The van der Waals surface area contributed by atoms with Crippen LogP contribution in [0.2, 0.25) is 0 Å². The Balaban J connectivity index is 2.49. The minimum atomic E-state index is -4.45. The number of nitro groups is 6. The van der Waals surface area contributed by atoms with Gasteiger partial charge in [0.2, 0.25) is 0 Å².